The minimum Gasteiger partial charge on any atom is -0.466 e. The van der Waals surface area contributed by atoms with Crippen molar-refractivity contribution in [3.8, 4) is 0 Å². The average Bonchev–Trinajstić information content (AvgIpc) is 2.54. The minimum absolute atomic E-state index is 0.0256. The number of esters is 1. The number of fused-ring (bicyclic) bond motifs is 1. The van der Waals surface area contributed by atoms with Gasteiger partial charge in [-0.15, -0.1) is 0 Å². The molecule has 0 aromatic heterocycles. The summed E-state index contributed by atoms with van der Waals surface area (Å²) in [5.74, 6) is -0.211. The Morgan fingerprint density at radius 3 is 2.83 bits per heavy atom. The van der Waals surface area contributed by atoms with E-state index in [0.29, 0.717) is 19.3 Å². The van der Waals surface area contributed by atoms with Crippen molar-refractivity contribution in [3.05, 3.63) is 10.1 Å². The van der Waals surface area contributed by atoms with Crippen LogP contribution in [0.1, 0.15) is 32.6 Å². The number of carbonyl (C=O) groups is 1. The standard InChI is InChI=1S/C12H18FNO4/c1-2-18-11(15)6-12(7-14(16)17)5-8-3-9(13)4-10(8)12/h8-10H,2-7H2,1H3/t8-,9+,10-,12?/m1/s1. The van der Waals surface area contributed by atoms with E-state index in [1.807, 2.05) is 0 Å². The molecule has 0 aliphatic heterocycles. The molecule has 5 nitrogen and oxygen atoms in total. The number of rotatable bonds is 5. The van der Waals surface area contributed by atoms with Gasteiger partial charge in [-0.05, 0) is 38.0 Å². The highest BCUT2D eigenvalue weighted by atomic mass is 19.1. The quantitative estimate of drug-likeness (QED) is 0.430. The summed E-state index contributed by atoms with van der Waals surface area (Å²) in [7, 11) is 0. The number of hydrogen-bond acceptors (Lipinski definition) is 4. The maximum Gasteiger partial charge on any atom is 0.306 e. The summed E-state index contributed by atoms with van der Waals surface area (Å²) in [6.07, 6.45) is 0.620. The lowest BCUT2D eigenvalue weighted by Gasteiger charge is -2.49. The highest BCUT2D eigenvalue weighted by Crippen LogP contribution is 2.61. The number of halogens is 1. The molecule has 102 valence electrons. The second-order valence-corrected chi connectivity index (χ2v) is 5.47. The van der Waals surface area contributed by atoms with Gasteiger partial charge in [0.05, 0.1) is 13.0 Å². The van der Waals surface area contributed by atoms with Gasteiger partial charge in [0.15, 0.2) is 0 Å². The molecule has 2 saturated carbocycles. The molecule has 0 amide bonds. The molecular formula is C12H18FNO4. The van der Waals surface area contributed by atoms with Crippen molar-refractivity contribution in [3.63, 3.8) is 0 Å². The number of alkyl halides is 1. The molecule has 1 unspecified atom stereocenters. The van der Waals surface area contributed by atoms with Crippen LogP contribution in [0.15, 0.2) is 0 Å². The molecule has 2 aliphatic rings. The number of nitrogens with zero attached hydrogens (tertiary/aromatic N) is 1. The zero-order chi connectivity index (χ0) is 13.3. The number of ether oxygens (including phenoxy) is 1. The van der Waals surface area contributed by atoms with Crippen LogP contribution < -0.4 is 0 Å². The van der Waals surface area contributed by atoms with Crippen LogP contribution in [-0.2, 0) is 9.53 Å². The van der Waals surface area contributed by atoms with E-state index in [9.17, 15) is 19.3 Å². The summed E-state index contributed by atoms with van der Waals surface area (Å²) in [5, 5.41) is 10.8. The third kappa shape index (κ3) is 2.33. The lowest BCUT2D eigenvalue weighted by atomic mass is 9.53. The fourth-order valence-electron chi connectivity index (χ4n) is 3.74. The summed E-state index contributed by atoms with van der Waals surface area (Å²) in [6.45, 7) is 1.72. The molecule has 0 aromatic carbocycles. The molecule has 0 spiro atoms. The Morgan fingerprint density at radius 1 is 1.56 bits per heavy atom. The third-order valence-corrected chi connectivity index (χ3v) is 4.34. The number of nitro groups is 1. The van der Waals surface area contributed by atoms with Gasteiger partial charge in [-0.25, -0.2) is 4.39 Å². The van der Waals surface area contributed by atoms with Crippen LogP contribution in [0.5, 0.6) is 0 Å². The van der Waals surface area contributed by atoms with E-state index in [2.05, 4.69) is 0 Å². The predicted octanol–water partition coefficient (Wildman–Crippen LogP) is 1.97. The molecular weight excluding hydrogens is 241 g/mol. The molecule has 2 aliphatic carbocycles. The van der Waals surface area contributed by atoms with E-state index >= 15 is 0 Å². The Balaban J connectivity index is 2.06. The second kappa shape index (κ2) is 4.82. The van der Waals surface area contributed by atoms with E-state index in [4.69, 9.17) is 4.74 Å². The molecule has 0 aromatic rings. The summed E-state index contributed by atoms with van der Waals surface area (Å²) >= 11 is 0. The Hall–Kier alpha value is -1.20. The van der Waals surface area contributed by atoms with Gasteiger partial charge < -0.3 is 4.74 Å². The maximum atomic E-state index is 13.3. The molecule has 0 heterocycles. The smallest absolute Gasteiger partial charge is 0.306 e. The van der Waals surface area contributed by atoms with Crippen molar-refractivity contribution in [2.45, 2.75) is 38.8 Å². The van der Waals surface area contributed by atoms with Gasteiger partial charge in [0.25, 0.3) is 0 Å². The van der Waals surface area contributed by atoms with Gasteiger partial charge >= 0.3 is 5.97 Å². The molecule has 6 heteroatoms. The first-order chi connectivity index (χ1) is 8.47. The summed E-state index contributed by atoms with van der Waals surface area (Å²) in [6, 6.07) is 0. The first-order valence-corrected chi connectivity index (χ1v) is 6.38. The lowest BCUT2D eigenvalue weighted by molar-refractivity contribution is -0.506. The first-order valence-electron chi connectivity index (χ1n) is 6.38. The summed E-state index contributed by atoms with van der Waals surface area (Å²) in [4.78, 5) is 22.0. The molecule has 0 N–H and O–H groups in total. The Bertz CT molecular complexity index is 362. The predicted molar refractivity (Wildman–Crippen MR) is 61.3 cm³/mol. The third-order valence-electron chi connectivity index (χ3n) is 4.34. The maximum absolute atomic E-state index is 13.3. The van der Waals surface area contributed by atoms with Crippen LogP contribution in [0.3, 0.4) is 0 Å². The van der Waals surface area contributed by atoms with Gasteiger partial charge in [-0.3, -0.25) is 14.9 Å². The van der Waals surface area contributed by atoms with E-state index in [0.717, 1.165) is 0 Å². The minimum atomic E-state index is -0.865. The fraction of sp³-hybridized carbons (Fsp3) is 0.917. The first kappa shape index (κ1) is 13.2. The molecule has 0 bridgehead atoms. The van der Waals surface area contributed by atoms with Crippen molar-refractivity contribution in [1.82, 2.24) is 0 Å². The molecule has 0 radical (unpaired) electrons. The molecule has 0 saturated heterocycles. The van der Waals surface area contributed by atoms with Crippen LogP contribution in [0.4, 0.5) is 4.39 Å². The van der Waals surface area contributed by atoms with Crippen molar-refractivity contribution in [2.24, 2.45) is 17.3 Å². The van der Waals surface area contributed by atoms with Crippen LogP contribution in [-0.4, -0.2) is 30.2 Å². The SMILES string of the molecule is CCOC(=O)CC1(C[N+](=O)[O-])C[C@H]2C[C@H](F)C[C@H]21. The van der Waals surface area contributed by atoms with E-state index in [1.54, 1.807) is 6.92 Å². The lowest BCUT2D eigenvalue weighted by Crippen LogP contribution is -2.51. The van der Waals surface area contributed by atoms with Crippen molar-refractivity contribution >= 4 is 5.97 Å². The van der Waals surface area contributed by atoms with Gasteiger partial charge in [0.2, 0.25) is 6.54 Å². The topological polar surface area (TPSA) is 69.4 Å². The van der Waals surface area contributed by atoms with Gasteiger partial charge in [0.1, 0.15) is 6.17 Å². The Kier molecular flexibility index (Phi) is 3.54. The molecule has 4 atom stereocenters. The summed E-state index contributed by atoms with van der Waals surface area (Å²) < 4.78 is 18.2. The normalized spacial score (nSPS) is 37.8. The van der Waals surface area contributed by atoms with E-state index in [-0.39, 0.29) is 36.3 Å². The Labute approximate surface area is 105 Å². The fourth-order valence-corrected chi connectivity index (χ4v) is 3.74. The van der Waals surface area contributed by atoms with Gasteiger partial charge in [0, 0.05) is 10.3 Å². The number of hydrogen-bond donors (Lipinski definition) is 0. The zero-order valence-electron chi connectivity index (χ0n) is 10.4. The summed E-state index contributed by atoms with van der Waals surface area (Å²) in [5.41, 5.74) is -0.665. The van der Waals surface area contributed by atoms with Crippen LogP contribution in [0.2, 0.25) is 0 Å². The van der Waals surface area contributed by atoms with Crippen LogP contribution >= 0.6 is 0 Å². The van der Waals surface area contributed by atoms with Crippen LogP contribution in [0, 0.1) is 27.4 Å². The largest absolute Gasteiger partial charge is 0.466 e. The van der Waals surface area contributed by atoms with Crippen LogP contribution in [0.25, 0.3) is 0 Å². The van der Waals surface area contributed by atoms with Crippen molar-refractivity contribution in [2.75, 3.05) is 13.2 Å². The molecule has 18 heavy (non-hydrogen) atoms. The highest BCUT2D eigenvalue weighted by molar-refractivity contribution is 5.70. The second-order valence-electron chi connectivity index (χ2n) is 5.47. The Morgan fingerprint density at radius 2 is 2.28 bits per heavy atom. The van der Waals surface area contributed by atoms with Gasteiger partial charge in [-0.2, -0.15) is 0 Å². The van der Waals surface area contributed by atoms with Crippen molar-refractivity contribution in [1.29, 1.82) is 0 Å². The zero-order valence-corrected chi connectivity index (χ0v) is 10.4. The van der Waals surface area contributed by atoms with Crippen molar-refractivity contribution < 1.29 is 18.8 Å². The molecule has 2 rings (SSSR count). The monoisotopic (exact) mass is 259 g/mol. The molecule has 2 fully saturated rings. The van der Waals surface area contributed by atoms with Gasteiger partial charge in [-0.1, -0.05) is 0 Å². The van der Waals surface area contributed by atoms with E-state index in [1.165, 1.54) is 0 Å². The number of carbonyl (C=O) groups excluding carboxylic acids is 1. The van der Waals surface area contributed by atoms with E-state index < -0.39 is 17.6 Å². The highest BCUT2D eigenvalue weighted by Gasteiger charge is 2.61. The average molecular weight is 259 g/mol.